The van der Waals surface area contributed by atoms with E-state index in [0.29, 0.717) is 22.8 Å². The van der Waals surface area contributed by atoms with Gasteiger partial charge in [0.05, 0.1) is 18.8 Å². The summed E-state index contributed by atoms with van der Waals surface area (Å²) >= 11 is 0. The van der Waals surface area contributed by atoms with Crippen molar-refractivity contribution in [1.82, 2.24) is 4.98 Å². The summed E-state index contributed by atoms with van der Waals surface area (Å²) in [5.41, 5.74) is 2.00. The van der Waals surface area contributed by atoms with Crippen molar-refractivity contribution in [3.8, 4) is 0 Å². The van der Waals surface area contributed by atoms with Crippen LogP contribution in [0.3, 0.4) is 0 Å². The van der Waals surface area contributed by atoms with Gasteiger partial charge in [0, 0.05) is 28.6 Å². The number of anilines is 2. The molecule has 2 aromatic rings. The molecule has 0 aliphatic carbocycles. The molecule has 8 nitrogen and oxygen atoms in total. The highest BCUT2D eigenvalue weighted by Crippen LogP contribution is 2.44. The van der Waals surface area contributed by atoms with Gasteiger partial charge < -0.3 is 25.2 Å². The molecule has 4 rings (SSSR count). The number of benzene rings is 1. The van der Waals surface area contributed by atoms with Crippen molar-refractivity contribution in [3.63, 3.8) is 0 Å². The first-order valence-corrected chi connectivity index (χ1v) is 10.4. The molecule has 1 aromatic heterocycles. The third kappa shape index (κ3) is 4.19. The zero-order valence-corrected chi connectivity index (χ0v) is 18.6. The van der Waals surface area contributed by atoms with E-state index >= 15 is 0 Å². The first-order chi connectivity index (χ1) is 15.6. The van der Waals surface area contributed by atoms with Crippen molar-refractivity contribution in [2.45, 2.75) is 38.5 Å². The number of pyridine rings is 1. The van der Waals surface area contributed by atoms with Crippen LogP contribution >= 0.6 is 0 Å². The maximum atomic E-state index is 13.8. The fraction of sp³-hybridized carbons (Fsp3) is 0.292. The number of carbonyl (C=O) groups is 2. The number of fused-ring (bicyclic) bond motifs is 1. The number of allylic oxidation sites excluding steroid dienone is 1. The molecule has 2 aliphatic heterocycles. The van der Waals surface area contributed by atoms with Crippen LogP contribution in [0.5, 0.6) is 0 Å². The number of rotatable bonds is 5. The molecule has 0 saturated carbocycles. The summed E-state index contributed by atoms with van der Waals surface area (Å²) in [6.45, 7) is 5.20. The number of hydrogen-bond donors (Lipinski definition) is 3. The predicted octanol–water partition coefficient (Wildman–Crippen LogP) is 3.11. The van der Waals surface area contributed by atoms with Gasteiger partial charge in [-0.1, -0.05) is 0 Å². The molecule has 33 heavy (non-hydrogen) atoms. The molecule has 3 heterocycles. The van der Waals surface area contributed by atoms with Crippen LogP contribution in [0.4, 0.5) is 15.9 Å². The van der Waals surface area contributed by atoms with Gasteiger partial charge in [0.25, 0.3) is 5.91 Å². The number of nitrogens with zero attached hydrogens (tertiary/aromatic N) is 1. The van der Waals surface area contributed by atoms with Gasteiger partial charge in [-0.05, 0) is 57.2 Å². The van der Waals surface area contributed by atoms with Crippen LogP contribution in [0.25, 0.3) is 11.1 Å². The van der Waals surface area contributed by atoms with Crippen molar-refractivity contribution in [3.05, 3.63) is 65.3 Å². The second-order valence-corrected chi connectivity index (χ2v) is 8.37. The minimum atomic E-state index is -0.983. The minimum absolute atomic E-state index is 0.275. The van der Waals surface area contributed by atoms with Crippen molar-refractivity contribution in [1.29, 1.82) is 0 Å². The van der Waals surface area contributed by atoms with Crippen LogP contribution in [-0.2, 0) is 19.1 Å². The Morgan fingerprint density at radius 1 is 1.30 bits per heavy atom. The summed E-state index contributed by atoms with van der Waals surface area (Å²) in [6, 6.07) is 6.61. The van der Waals surface area contributed by atoms with Crippen LogP contribution in [0.1, 0.15) is 31.9 Å². The molecular weight excluding hydrogens is 429 g/mol. The SMILES string of the molecule is COC(=O)[C@@H](Nc1ccc(C2=CC(=C3C(=O)Nc4ccc(F)cc43)OC2(C)C)cn1)[C@@H](C)O. The Kier molecular flexibility index (Phi) is 5.67. The van der Waals surface area contributed by atoms with Crippen molar-refractivity contribution in [2.75, 3.05) is 17.7 Å². The van der Waals surface area contributed by atoms with Gasteiger partial charge in [-0.3, -0.25) is 4.79 Å². The number of aromatic nitrogens is 1. The standard InChI is InChI=1S/C24H24FN3O5/c1-12(29)21(23(31)32-4)28-19-8-5-13(11-26-19)16-10-18(33-24(16,2)3)20-15-9-14(25)6-7-17(15)27-22(20)30/h5-12,21,29H,1-4H3,(H,26,28)(H,27,30)/t12-,21+/m1/s1. The smallest absolute Gasteiger partial charge is 0.331 e. The van der Waals surface area contributed by atoms with Gasteiger partial charge in [0.1, 0.15) is 23.0 Å². The summed E-state index contributed by atoms with van der Waals surface area (Å²) in [4.78, 5) is 28.8. The Balaban J connectivity index is 1.66. The van der Waals surface area contributed by atoms with Gasteiger partial charge in [-0.25, -0.2) is 14.2 Å². The summed E-state index contributed by atoms with van der Waals surface area (Å²) in [5, 5.41) is 15.4. The number of aliphatic hydroxyl groups is 1. The van der Waals surface area contributed by atoms with Crippen molar-refractivity contribution < 1.29 is 28.6 Å². The van der Waals surface area contributed by atoms with E-state index in [-0.39, 0.29) is 11.5 Å². The van der Waals surface area contributed by atoms with E-state index in [0.717, 1.165) is 11.1 Å². The number of aliphatic hydroxyl groups excluding tert-OH is 1. The Bertz CT molecular complexity index is 1190. The molecule has 0 radical (unpaired) electrons. The fourth-order valence-electron chi connectivity index (χ4n) is 3.90. The normalized spacial score (nSPS) is 20.3. The molecule has 2 aliphatic rings. The Hall–Kier alpha value is -3.72. The highest BCUT2D eigenvalue weighted by molar-refractivity contribution is 6.32. The predicted molar refractivity (Wildman–Crippen MR) is 120 cm³/mol. The fourth-order valence-corrected chi connectivity index (χ4v) is 3.90. The average Bonchev–Trinajstić information content (AvgIpc) is 3.25. The second-order valence-electron chi connectivity index (χ2n) is 8.37. The van der Waals surface area contributed by atoms with E-state index in [2.05, 4.69) is 15.6 Å². The molecule has 0 bridgehead atoms. The lowest BCUT2D eigenvalue weighted by Crippen LogP contribution is -2.40. The lowest BCUT2D eigenvalue weighted by Gasteiger charge is -2.24. The zero-order chi connectivity index (χ0) is 23.9. The number of esters is 1. The highest BCUT2D eigenvalue weighted by atomic mass is 19.1. The van der Waals surface area contributed by atoms with Crippen molar-refractivity contribution >= 4 is 34.5 Å². The van der Waals surface area contributed by atoms with E-state index in [1.807, 2.05) is 13.8 Å². The molecule has 1 amide bonds. The van der Waals surface area contributed by atoms with Gasteiger partial charge in [0.2, 0.25) is 0 Å². The van der Waals surface area contributed by atoms with Crippen LogP contribution < -0.4 is 10.6 Å². The molecule has 0 fully saturated rings. The van der Waals surface area contributed by atoms with Gasteiger partial charge in [0.15, 0.2) is 6.04 Å². The largest absolute Gasteiger partial charge is 0.482 e. The van der Waals surface area contributed by atoms with Gasteiger partial charge >= 0.3 is 5.97 Å². The van der Waals surface area contributed by atoms with Crippen LogP contribution in [0.15, 0.2) is 48.4 Å². The number of methoxy groups -OCH3 is 1. The summed E-state index contributed by atoms with van der Waals surface area (Å²) < 4.78 is 24.6. The van der Waals surface area contributed by atoms with E-state index in [1.165, 1.54) is 32.2 Å². The Morgan fingerprint density at radius 2 is 2.06 bits per heavy atom. The Labute approximate surface area is 190 Å². The first kappa shape index (κ1) is 22.5. The molecular formula is C24H24FN3O5. The molecule has 0 spiro atoms. The summed E-state index contributed by atoms with van der Waals surface area (Å²) in [6.07, 6.45) is 2.38. The first-order valence-electron chi connectivity index (χ1n) is 10.4. The third-order valence-electron chi connectivity index (χ3n) is 5.58. The topological polar surface area (TPSA) is 110 Å². The molecule has 0 unspecified atom stereocenters. The monoisotopic (exact) mass is 453 g/mol. The van der Waals surface area contributed by atoms with Crippen LogP contribution in [-0.4, -0.2) is 46.8 Å². The lowest BCUT2D eigenvalue weighted by atomic mass is 9.93. The quantitative estimate of drug-likeness (QED) is 0.471. The molecule has 172 valence electrons. The number of carbonyl (C=O) groups excluding carboxylic acids is 2. The van der Waals surface area contributed by atoms with Gasteiger partial charge in [-0.2, -0.15) is 0 Å². The van der Waals surface area contributed by atoms with Crippen LogP contribution in [0.2, 0.25) is 0 Å². The number of nitrogens with one attached hydrogen (secondary N) is 2. The number of hydrogen-bond acceptors (Lipinski definition) is 7. The lowest BCUT2D eigenvalue weighted by molar-refractivity contribution is -0.143. The van der Waals surface area contributed by atoms with E-state index in [4.69, 9.17) is 9.47 Å². The number of ether oxygens (including phenoxy) is 2. The van der Waals surface area contributed by atoms with E-state index < -0.39 is 29.5 Å². The maximum absolute atomic E-state index is 13.8. The zero-order valence-electron chi connectivity index (χ0n) is 18.6. The van der Waals surface area contributed by atoms with E-state index in [9.17, 15) is 19.1 Å². The molecule has 0 saturated heterocycles. The summed E-state index contributed by atoms with van der Waals surface area (Å²) in [5.74, 6) is -0.681. The van der Waals surface area contributed by atoms with Gasteiger partial charge in [-0.15, -0.1) is 0 Å². The van der Waals surface area contributed by atoms with Crippen LogP contribution in [0, 0.1) is 5.82 Å². The molecule has 9 heteroatoms. The maximum Gasteiger partial charge on any atom is 0.331 e. The Morgan fingerprint density at radius 3 is 2.70 bits per heavy atom. The summed E-state index contributed by atoms with van der Waals surface area (Å²) in [7, 11) is 1.24. The average molecular weight is 453 g/mol. The molecule has 1 aromatic carbocycles. The third-order valence-corrected chi connectivity index (χ3v) is 5.58. The van der Waals surface area contributed by atoms with Crippen molar-refractivity contribution in [2.24, 2.45) is 0 Å². The number of halogens is 1. The molecule has 2 atom stereocenters. The minimum Gasteiger partial charge on any atom is -0.482 e. The molecule has 3 N–H and O–H groups in total. The van der Waals surface area contributed by atoms with E-state index in [1.54, 1.807) is 24.4 Å². The highest BCUT2D eigenvalue weighted by Gasteiger charge is 2.38. The second kappa shape index (κ2) is 8.32. The number of amides is 1.